The second-order valence-electron chi connectivity index (χ2n) is 4.82. The molecule has 1 aromatic carbocycles. The maximum absolute atomic E-state index is 6.41. The van der Waals surface area contributed by atoms with Crippen molar-refractivity contribution >= 4 is 24.0 Å². The average molecular weight is 321 g/mol. The van der Waals surface area contributed by atoms with Crippen molar-refractivity contribution in [3.63, 3.8) is 0 Å². The normalized spacial score (nSPS) is 17.2. The Bertz CT molecular complexity index is 437. The van der Waals surface area contributed by atoms with E-state index in [0.29, 0.717) is 22.4 Å². The lowest BCUT2D eigenvalue weighted by atomic mass is 9.86. The van der Waals surface area contributed by atoms with E-state index >= 15 is 0 Å². The van der Waals surface area contributed by atoms with Crippen LogP contribution in [0, 0.1) is 5.92 Å². The molecule has 1 atom stereocenters. The molecule has 0 unspecified atom stereocenters. The minimum absolute atomic E-state index is 0. The summed E-state index contributed by atoms with van der Waals surface area (Å²) in [6.45, 7) is 2.03. The number of piperidine rings is 1. The summed E-state index contributed by atoms with van der Waals surface area (Å²) < 4.78 is 10.6. The van der Waals surface area contributed by atoms with Gasteiger partial charge in [0, 0.05) is 6.04 Å². The van der Waals surface area contributed by atoms with Gasteiger partial charge in [0.2, 0.25) is 0 Å². The highest BCUT2D eigenvalue weighted by Gasteiger charge is 2.25. The van der Waals surface area contributed by atoms with Crippen molar-refractivity contribution in [1.82, 2.24) is 5.32 Å². The highest BCUT2D eigenvalue weighted by Crippen LogP contribution is 2.41. The molecule has 0 saturated carbocycles. The molecule has 3 N–H and O–H groups in total. The van der Waals surface area contributed by atoms with Gasteiger partial charge in [-0.3, -0.25) is 0 Å². The van der Waals surface area contributed by atoms with Crippen LogP contribution in [-0.2, 0) is 0 Å². The standard InChI is InChI=1S/C14H21ClN2O2.ClH/c1-18-11-4-3-10(12(15)14(11)19-2)13(16)9-5-7-17-8-6-9;/h3-4,9,13,17H,5-8,16H2,1-2H3;1H/t13-;/m1./s1. The van der Waals surface area contributed by atoms with Crippen LogP contribution in [0.5, 0.6) is 11.5 Å². The molecule has 20 heavy (non-hydrogen) atoms. The lowest BCUT2D eigenvalue weighted by molar-refractivity contribution is 0.319. The van der Waals surface area contributed by atoms with Gasteiger partial charge in [-0.15, -0.1) is 12.4 Å². The molecule has 4 nitrogen and oxygen atoms in total. The zero-order chi connectivity index (χ0) is 13.8. The summed E-state index contributed by atoms with van der Waals surface area (Å²) in [4.78, 5) is 0. The molecule has 1 heterocycles. The van der Waals surface area contributed by atoms with Crippen molar-refractivity contribution in [3.8, 4) is 11.5 Å². The fourth-order valence-corrected chi connectivity index (χ4v) is 2.98. The van der Waals surface area contributed by atoms with E-state index in [-0.39, 0.29) is 18.4 Å². The van der Waals surface area contributed by atoms with E-state index in [1.54, 1.807) is 14.2 Å². The molecule has 1 saturated heterocycles. The van der Waals surface area contributed by atoms with Crippen molar-refractivity contribution in [2.45, 2.75) is 18.9 Å². The van der Waals surface area contributed by atoms with Crippen LogP contribution >= 0.6 is 24.0 Å². The minimum atomic E-state index is -0.0607. The Labute approximate surface area is 131 Å². The van der Waals surface area contributed by atoms with E-state index < -0.39 is 0 Å². The number of benzene rings is 1. The first-order valence-corrected chi connectivity index (χ1v) is 6.93. The molecule has 1 aromatic rings. The summed E-state index contributed by atoms with van der Waals surface area (Å²) in [7, 11) is 3.18. The number of halogens is 2. The number of methoxy groups -OCH3 is 2. The average Bonchev–Trinajstić information content (AvgIpc) is 2.47. The third kappa shape index (κ3) is 3.50. The summed E-state index contributed by atoms with van der Waals surface area (Å²) in [6.07, 6.45) is 2.15. The topological polar surface area (TPSA) is 56.5 Å². The number of hydrogen-bond donors (Lipinski definition) is 2. The number of hydrogen-bond acceptors (Lipinski definition) is 4. The second-order valence-corrected chi connectivity index (χ2v) is 5.20. The van der Waals surface area contributed by atoms with Crippen molar-refractivity contribution in [3.05, 3.63) is 22.7 Å². The molecule has 0 spiro atoms. The lowest BCUT2D eigenvalue weighted by Gasteiger charge is -2.29. The first-order chi connectivity index (χ1) is 9.19. The summed E-state index contributed by atoms with van der Waals surface area (Å²) in [5.74, 6) is 1.65. The van der Waals surface area contributed by atoms with E-state index in [9.17, 15) is 0 Å². The van der Waals surface area contributed by atoms with Crippen LogP contribution in [0.1, 0.15) is 24.4 Å². The van der Waals surface area contributed by atoms with Gasteiger partial charge in [-0.1, -0.05) is 17.7 Å². The van der Waals surface area contributed by atoms with E-state index in [0.717, 1.165) is 31.5 Å². The van der Waals surface area contributed by atoms with Gasteiger partial charge < -0.3 is 20.5 Å². The monoisotopic (exact) mass is 320 g/mol. The second kappa shape index (κ2) is 7.93. The van der Waals surface area contributed by atoms with Crippen LogP contribution in [-0.4, -0.2) is 27.3 Å². The molecule has 1 aliphatic heterocycles. The lowest BCUT2D eigenvalue weighted by Crippen LogP contribution is -2.33. The maximum Gasteiger partial charge on any atom is 0.179 e. The SMILES string of the molecule is COc1ccc([C@H](N)C2CCNCC2)c(Cl)c1OC.Cl. The Morgan fingerprint density at radius 3 is 2.45 bits per heavy atom. The Morgan fingerprint density at radius 1 is 1.25 bits per heavy atom. The Hall–Kier alpha value is -0.680. The Morgan fingerprint density at radius 2 is 1.90 bits per heavy atom. The zero-order valence-corrected chi connectivity index (χ0v) is 13.4. The van der Waals surface area contributed by atoms with Crippen LogP contribution in [0.15, 0.2) is 12.1 Å². The smallest absolute Gasteiger partial charge is 0.179 e. The molecule has 0 amide bonds. The molecular weight excluding hydrogens is 299 g/mol. The number of nitrogens with two attached hydrogens (primary N) is 1. The third-order valence-corrected chi connectivity index (χ3v) is 4.16. The van der Waals surface area contributed by atoms with Crippen molar-refractivity contribution in [1.29, 1.82) is 0 Å². The molecule has 2 rings (SSSR count). The fourth-order valence-electron chi connectivity index (χ4n) is 2.62. The molecule has 114 valence electrons. The first kappa shape index (κ1) is 17.4. The zero-order valence-electron chi connectivity index (χ0n) is 11.8. The van der Waals surface area contributed by atoms with Gasteiger partial charge in [-0.25, -0.2) is 0 Å². The van der Waals surface area contributed by atoms with Crippen LogP contribution < -0.4 is 20.5 Å². The van der Waals surface area contributed by atoms with Gasteiger partial charge in [0.1, 0.15) is 0 Å². The van der Waals surface area contributed by atoms with E-state index in [1.807, 2.05) is 12.1 Å². The van der Waals surface area contributed by atoms with Gasteiger partial charge in [-0.2, -0.15) is 0 Å². The van der Waals surface area contributed by atoms with Gasteiger partial charge in [0.05, 0.1) is 19.2 Å². The third-order valence-electron chi connectivity index (χ3n) is 3.77. The van der Waals surface area contributed by atoms with Crippen LogP contribution in [0.3, 0.4) is 0 Å². The first-order valence-electron chi connectivity index (χ1n) is 6.55. The molecular formula is C14H22Cl2N2O2. The van der Waals surface area contributed by atoms with E-state index in [4.69, 9.17) is 26.8 Å². The summed E-state index contributed by atoms with van der Waals surface area (Å²) in [5.41, 5.74) is 7.31. The minimum Gasteiger partial charge on any atom is -0.493 e. The largest absolute Gasteiger partial charge is 0.493 e. The van der Waals surface area contributed by atoms with Crippen molar-refractivity contribution in [2.24, 2.45) is 11.7 Å². The molecule has 0 aliphatic carbocycles. The van der Waals surface area contributed by atoms with Crippen LogP contribution in [0.4, 0.5) is 0 Å². The summed E-state index contributed by atoms with van der Waals surface area (Å²) in [5, 5.41) is 3.91. The molecule has 6 heteroatoms. The van der Waals surface area contributed by atoms with Gasteiger partial charge in [0.25, 0.3) is 0 Å². The molecule has 1 fully saturated rings. The highest BCUT2D eigenvalue weighted by atomic mass is 35.5. The van der Waals surface area contributed by atoms with Crippen molar-refractivity contribution < 1.29 is 9.47 Å². The predicted octanol–water partition coefficient (Wildman–Crippen LogP) is 2.78. The molecule has 0 radical (unpaired) electrons. The number of rotatable bonds is 4. The predicted molar refractivity (Wildman–Crippen MR) is 84.3 cm³/mol. The van der Waals surface area contributed by atoms with Gasteiger partial charge in [0.15, 0.2) is 11.5 Å². The number of ether oxygens (including phenoxy) is 2. The maximum atomic E-state index is 6.41. The Balaban J connectivity index is 0.00000200. The van der Waals surface area contributed by atoms with Crippen LogP contribution in [0.2, 0.25) is 5.02 Å². The van der Waals surface area contributed by atoms with E-state index in [2.05, 4.69) is 5.32 Å². The highest BCUT2D eigenvalue weighted by molar-refractivity contribution is 6.33. The van der Waals surface area contributed by atoms with Crippen LogP contribution in [0.25, 0.3) is 0 Å². The Kier molecular flexibility index (Phi) is 6.89. The summed E-state index contributed by atoms with van der Waals surface area (Å²) >= 11 is 6.41. The van der Waals surface area contributed by atoms with Crippen molar-refractivity contribution in [2.75, 3.05) is 27.3 Å². The van der Waals surface area contributed by atoms with Gasteiger partial charge >= 0.3 is 0 Å². The molecule has 0 bridgehead atoms. The molecule has 0 aromatic heterocycles. The summed E-state index contributed by atoms with van der Waals surface area (Å²) in [6, 6.07) is 3.74. The molecule has 1 aliphatic rings. The van der Waals surface area contributed by atoms with E-state index in [1.165, 1.54) is 0 Å². The quantitative estimate of drug-likeness (QED) is 0.895. The van der Waals surface area contributed by atoms with Gasteiger partial charge in [-0.05, 0) is 43.5 Å². The fraction of sp³-hybridized carbons (Fsp3) is 0.571. The number of nitrogens with one attached hydrogen (secondary N) is 1.